The van der Waals surface area contributed by atoms with Crippen molar-refractivity contribution in [3.63, 3.8) is 0 Å². The molecule has 0 radical (unpaired) electrons. The van der Waals surface area contributed by atoms with Gasteiger partial charge in [0.2, 0.25) is 5.89 Å². The molecule has 0 aliphatic rings. The highest BCUT2D eigenvalue weighted by Crippen LogP contribution is 2.20. The summed E-state index contributed by atoms with van der Waals surface area (Å²) in [5.41, 5.74) is 8.85. The van der Waals surface area contributed by atoms with Gasteiger partial charge in [0.05, 0.1) is 11.9 Å². The smallest absolute Gasteiger partial charge is 0.273 e. The number of carbonyl (C=O) groups excluding carboxylic acids is 1. The molecule has 3 aromatic heterocycles. The molecule has 0 atom stereocenters. The molecule has 0 aliphatic carbocycles. The van der Waals surface area contributed by atoms with Crippen LogP contribution in [0.1, 0.15) is 27.3 Å². The van der Waals surface area contributed by atoms with Gasteiger partial charge >= 0.3 is 0 Å². The molecule has 0 aliphatic heterocycles. The van der Waals surface area contributed by atoms with Crippen molar-refractivity contribution in [1.29, 1.82) is 0 Å². The predicted molar refractivity (Wildman–Crippen MR) is 86.8 cm³/mol. The zero-order valence-corrected chi connectivity index (χ0v) is 13.3. The van der Waals surface area contributed by atoms with Crippen molar-refractivity contribution >= 4 is 11.7 Å². The van der Waals surface area contributed by atoms with Crippen LogP contribution in [0.15, 0.2) is 35.3 Å². The maximum atomic E-state index is 12.4. The number of nitrogen functional groups attached to an aromatic ring is 1. The Hall–Kier alpha value is -3.29. The number of aromatic nitrogens is 4. The summed E-state index contributed by atoms with van der Waals surface area (Å²) in [4.78, 5) is 28.8. The van der Waals surface area contributed by atoms with Gasteiger partial charge in [-0.15, -0.1) is 0 Å². The summed E-state index contributed by atoms with van der Waals surface area (Å²) in [5.74, 6) is -0.0536. The molecular weight excluding hydrogens is 308 g/mol. The van der Waals surface area contributed by atoms with Gasteiger partial charge in [-0.25, -0.2) is 15.0 Å². The Morgan fingerprint density at radius 1 is 1.29 bits per heavy atom. The maximum Gasteiger partial charge on any atom is 0.273 e. The highest BCUT2D eigenvalue weighted by atomic mass is 16.3. The number of carbonyl (C=O) groups is 1. The minimum Gasteiger partial charge on any atom is -0.443 e. The molecule has 8 heteroatoms. The Kier molecular flexibility index (Phi) is 4.19. The quantitative estimate of drug-likeness (QED) is 0.748. The van der Waals surface area contributed by atoms with Crippen molar-refractivity contribution in [2.75, 3.05) is 5.73 Å². The van der Waals surface area contributed by atoms with Crippen LogP contribution < -0.4 is 11.1 Å². The van der Waals surface area contributed by atoms with Gasteiger partial charge in [0.25, 0.3) is 5.91 Å². The van der Waals surface area contributed by atoms with Crippen LogP contribution in [-0.4, -0.2) is 25.8 Å². The van der Waals surface area contributed by atoms with E-state index in [1.54, 1.807) is 19.3 Å². The lowest BCUT2D eigenvalue weighted by atomic mass is 10.1. The molecule has 0 aromatic carbocycles. The fourth-order valence-electron chi connectivity index (χ4n) is 2.20. The Bertz CT molecular complexity index is 876. The van der Waals surface area contributed by atoms with Crippen LogP contribution in [0, 0.1) is 13.8 Å². The molecule has 0 spiro atoms. The fourth-order valence-corrected chi connectivity index (χ4v) is 2.20. The summed E-state index contributed by atoms with van der Waals surface area (Å²) < 4.78 is 5.20. The number of aryl methyl sites for hydroxylation is 2. The van der Waals surface area contributed by atoms with Crippen LogP contribution in [0.3, 0.4) is 0 Å². The topological polar surface area (TPSA) is 120 Å². The van der Waals surface area contributed by atoms with Gasteiger partial charge in [0.1, 0.15) is 12.0 Å². The molecule has 3 rings (SSSR count). The summed E-state index contributed by atoms with van der Waals surface area (Å²) in [6.07, 6.45) is 6.36. The lowest BCUT2D eigenvalue weighted by Gasteiger charge is -2.10. The lowest BCUT2D eigenvalue weighted by molar-refractivity contribution is 0.0946. The number of amides is 1. The normalized spacial score (nSPS) is 10.6. The van der Waals surface area contributed by atoms with Crippen LogP contribution in [-0.2, 0) is 6.54 Å². The van der Waals surface area contributed by atoms with Gasteiger partial charge in [-0.2, -0.15) is 0 Å². The first-order valence-corrected chi connectivity index (χ1v) is 7.28. The van der Waals surface area contributed by atoms with E-state index in [2.05, 4.69) is 25.3 Å². The molecule has 0 saturated carbocycles. The molecular formula is C16H16N6O2. The van der Waals surface area contributed by atoms with Gasteiger partial charge in [-0.3, -0.25) is 9.78 Å². The second-order valence-corrected chi connectivity index (χ2v) is 5.21. The largest absolute Gasteiger partial charge is 0.443 e. The van der Waals surface area contributed by atoms with E-state index in [4.69, 9.17) is 10.2 Å². The van der Waals surface area contributed by atoms with Gasteiger partial charge in [-0.1, -0.05) is 0 Å². The zero-order valence-electron chi connectivity index (χ0n) is 13.3. The molecule has 0 saturated heterocycles. The van der Waals surface area contributed by atoms with Gasteiger partial charge in [0, 0.05) is 18.9 Å². The van der Waals surface area contributed by atoms with E-state index in [-0.39, 0.29) is 11.5 Å². The molecule has 0 fully saturated rings. The number of nitrogens with one attached hydrogen (secondary N) is 1. The summed E-state index contributed by atoms with van der Waals surface area (Å²) in [5, 5.41) is 2.79. The summed E-state index contributed by atoms with van der Waals surface area (Å²) in [6, 6.07) is 1.85. The molecule has 0 unspecified atom stereocenters. The number of anilines is 1. The minimum atomic E-state index is -0.390. The van der Waals surface area contributed by atoms with Crippen molar-refractivity contribution in [2.45, 2.75) is 20.4 Å². The van der Waals surface area contributed by atoms with Crippen molar-refractivity contribution in [2.24, 2.45) is 0 Å². The number of rotatable bonds is 4. The Morgan fingerprint density at radius 2 is 2.12 bits per heavy atom. The molecule has 0 bridgehead atoms. The Balaban J connectivity index is 1.80. The molecule has 3 N–H and O–H groups in total. The van der Waals surface area contributed by atoms with E-state index >= 15 is 0 Å². The lowest BCUT2D eigenvalue weighted by Crippen LogP contribution is -2.26. The minimum absolute atomic E-state index is 0.0257. The number of pyridine rings is 1. The van der Waals surface area contributed by atoms with E-state index < -0.39 is 5.91 Å². The SMILES string of the molecule is Cc1cnccc1CNC(=O)c1nc(C)c(-c2ncco2)nc1N. The van der Waals surface area contributed by atoms with Crippen LogP contribution >= 0.6 is 0 Å². The van der Waals surface area contributed by atoms with E-state index in [0.717, 1.165) is 11.1 Å². The van der Waals surface area contributed by atoms with Crippen LogP contribution in [0.5, 0.6) is 0 Å². The predicted octanol–water partition coefficient (Wildman–Crippen LogP) is 1.66. The van der Waals surface area contributed by atoms with E-state index in [1.807, 2.05) is 13.0 Å². The van der Waals surface area contributed by atoms with Crippen LogP contribution in [0.25, 0.3) is 11.6 Å². The molecule has 122 valence electrons. The monoisotopic (exact) mass is 324 g/mol. The van der Waals surface area contributed by atoms with E-state index in [9.17, 15) is 4.79 Å². The summed E-state index contributed by atoms with van der Waals surface area (Å²) in [6.45, 7) is 4.00. The summed E-state index contributed by atoms with van der Waals surface area (Å²) in [7, 11) is 0. The Labute approximate surface area is 138 Å². The van der Waals surface area contributed by atoms with E-state index in [1.165, 1.54) is 12.5 Å². The second kappa shape index (κ2) is 6.45. The first-order valence-electron chi connectivity index (χ1n) is 7.28. The zero-order chi connectivity index (χ0) is 17.1. The van der Waals surface area contributed by atoms with Crippen molar-refractivity contribution in [1.82, 2.24) is 25.3 Å². The molecule has 8 nitrogen and oxygen atoms in total. The van der Waals surface area contributed by atoms with E-state index in [0.29, 0.717) is 23.8 Å². The number of hydrogen-bond donors (Lipinski definition) is 2. The fraction of sp³-hybridized carbons (Fsp3) is 0.188. The second-order valence-electron chi connectivity index (χ2n) is 5.21. The average Bonchev–Trinajstić information content (AvgIpc) is 3.10. The van der Waals surface area contributed by atoms with Crippen molar-refractivity contribution in [3.05, 3.63) is 53.4 Å². The van der Waals surface area contributed by atoms with Crippen LogP contribution in [0.4, 0.5) is 5.82 Å². The van der Waals surface area contributed by atoms with Crippen LogP contribution in [0.2, 0.25) is 0 Å². The van der Waals surface area contributed by atoms with Gasteiger partial charge in [-0.05, 0) is 31.0 Å². The van der Waals surface area contributed by atoms with Gasteiger partial charge in [0.15, 0.2) is 11.5 Å². The molecule has 3 heterocycles. The molecule has 24 heavy (non-hydrogen) atoms. The third-order valence-electron chi connectivity index (χ3n) is 3.52. The highest BCUT2D eigenvalue weighted by molar-refractivity contribution is 5.96. The Morgan fingerprint density at radius 3 is 2.83 bits per heavy atom. The standard InChI is InChI=1S/C16H16N6O2/c1-9-7-18-4-3-11(9)8-20-15(23)13-14(17)22-12(10(2)21-13)16-19-5-6-24-16/h3-7H,8H2,1-2H3,(H2,17,22)(H,20,23). The maximum absolute atomic E-state index is 12.4. The molecule has 1 amide bonds. The number of oxazole rings is 1. The van der Waals surface area contributed by atoms with Gasteiger partial charge < -0.3 is 15.5 Å². The average molecular weight is 324 g/mol. The van der Waals surface area contributed by atoms with Crippen molar-refractivity contribution in [3.8, 4) is 11.6 Å². The third-order valence-corrected chi connectivity index (χ3v) is 3.52. The molecule has 3 aromatic rings. The van der Waals surface area contributed by atoms with Crippen molar-refractivity contribution < 1.29 is 9.21 Å². The first-order chi connectivity index (χ1) is 11.6. The highest BCUT2D eigenvalue weighted by Gasteiger charge is 2.18. The number of nitrogens with two attached hydrogens (primary N) is 1. The summed E-state index contributed by atoms with van der Waals surface area (Å²) >= 11 is 0. The first kappa shape index (κ1) is 15.6. The number of hydrogen-bond acceptors (Lipinski definition) is 7. The third kappa shape index (κ3) is 3.07. The number of nitrogens with zero attached hydrogens (tertiary/aromatic N) is 4.